The summed E-state index contributed by atoms with van der Waals surface area (Å²) in [7, 11) is -4.19. The number of carbonyl (C=O) groups excluding carboxylic acids is 2. The lowest BCUT2D eigenvalue weighted by atomic mass is 9.92. The quantitative estimate of drug-likeness (QED) is 0.398. The second-order valence-electron chi connectivity index (χ2n) is 9.46. The van der Waals surface area contributed by atoms with Gasteiger partial charge in [0.25, 0.3) is 5.91 Å². The number of nitrogens with zero attached hydrogens (tertiary/aromatic N) is 2. The molecule has 1 N–H and O–H groups in total. The highest BCUT2D eigenvalue weighted by molar-refractivity contribution is 7.86. The summed E-state index contributed by atoms with van der Waals surface area (Å²) in [5.41, 5.74) is 0.489. The molecule has 1 spiro atoms. The van der Waals surface area contributed by atoms with E-state index in [0.717, 1.165) is 22.8 Å². The van der Waals surface area contributed by atoms with Gasteiger partial charge in [-0.1, -0.05) is 17.7 Å². The number of benzene rings is 3. The molecule has 0 saturated carbocycles. The number of hydrogen-bond acceptors (Lipinski definition) is 9. The van der Waals surface area contributed by atoms with E-state index in [1.807, 2.05) is 6.92 Å². The molecule has 3 aromatic carbocycles. The molecule has 0 atom stereocenters. The van der Waals surface area contributed by atoms with Crippen LogP contribution >= 0.6 is 0 Å². The number of carbonyl (C=O) groups is 2. The van der Waals surface area contributed by atoms with Gasteiger partial charge in [-0.05, 0) is 68.4 Å². The van der Waals surface area contributed by atoms with Crippen LogP contribution in [-0.2, 0) is 19.1 Å². The van der Waals surface area contributed by atoms with Crippen LogP contribution in [0.15, 0.2) is 71.6 Å². The van der Waals surface area contributed by atoms with Gasteiger partial charge in [0.05, 0.1) is 35.7 Å². The van der Waals surface area contributed by atoms with E-state index in [0.29, 0.717) is 5.69 Å². The summed E-state index contributed by atoms with van der Waals surface area (Å²) in [6.45, 7) is 3.32. The molecule has 2 aliphatic heterocycles. The summed E-state index contributed by atoms with van der Waals surface area (Å²) in [4.78, 5) is 27.3. The Morgan fingerprint density at radius 2 is 1.68 bits per heavy atom. The molecule has 3 aromatic rings. The van der Waals surface area contributed by atoms with Crippen molar-refractivity contribution in [2.24, 2.45) is 0 Å². The Morgan fingerprint density at radius 1 is 1.02 bits per heavy atom. The fraction of sp³-hybridized carbons (Fsp3) is 0.259. The Bertz CT molecular complexity index is 1590. The van der Waals surface area contributed by atoms with Gasteiger partial charge in [0, 0.05) is 11.4 Å². The largest absolute Gasteiger partial charge is 0.573 e. The van der Waals surface area contributed by atoms with Crippen molar-refractivity contribution in [1.82, 2.24) is 5.06 Å². The number of fused-ring (bicyclic) bond motifs is 1. The first-order valence-electron chi connectivity index (χ1n) is 12.4. The van der Waals surface area contributed by atoms with Gasteiger partial charge >= 0.3 is 22.4 Å². The normalized spacial score (nSPS) is 16.5. The Hall–Kier alpha value is -4.14. The Labute approximate surface area is 233 Å². The second kappa shape index (κ2) is 10.4. The lowest BCUT2D eigenvalue weighted by molar-refractivity contribution is -0.274. The van der Waals surface area contributed by atoms with E-state index in [4.69, 9.17) is 9.02 Å². The number of rotatable bonds is 7. The zero-order chi connectivity index (χ0) is 29.6. The number of aryl methyl sites for hydroxylation is 1. The molecule has 41 heavy (non-hydrogen) atoms. The predicted molar refractivity (Wildman–Crippen MR) is 140 cm³/mol. The molecule has 0 unspecified atom stereocenters. The number of amides is 1. The van der Waals surface area contributed by atoms with Gasteiger partial charge in [-0.2, -0.15) is 17.8 Å². The molecular weight excluding hydrogens is 567 g/mol. The van der Waals surface area contributed by atoms with Crippen LogP contribution in [0, 0.1) is 6.92 Å². The maximum atomic E-state index is 13.8. The van der Waals surface area contributed by atoms with Crippen LogP contribution in [0.25, 0.3) is 0 Å². The molecule has 216 valence electrons. The SMILES string of the molecule is CCOC(=O)c1ccc2c(c1)NC1(CN(OS(=O)(=O)c3ccc(C)cc3)C1)N(c1ccc(OC(F)(F)F)cc1)C2=O. The van der Waals surface area contributed by atoms with Gasteiger partial charge in [0.2, 0.25) is 0 Å². The summed E-state index contributed by atoms with van der Waals surface area (Å²) in [5.74, 6) is -1.60. The maximum Gasteiger partial charge on any atom is 0.573 e. The topological polar surface area (TPSA) is 114 Å². The van der Waals surface area contributed by atoms with Crippen molar-refractivity contribution in [2.45, 2.75) is 30.8 Å². The number of nitrogens with one attached hydrogen (secondary N) is 1. The standard InChI is InChI=1S/C27H24F3N3O7S/c1-3-38-25(35)18-6-13-22-23(14-18)31-26(15-32(16-26)40-41(36,37)21-11-4-17(2)5-12-21)33(24(22)34)19-7-9-20(10-8-19)39-27(28,29)30/h4-14,31H,3,15-16H2,1-2H3. The molecule has 0 bridgehead atoms. The monoisotopic (exact) mass is 591 g/mol. The summed E-state index contributed by atoms with van der Waals surface area (Å²) in [5, 5.41) is 4.35. The molecular formula is C27H24F3N3O7S. The third-order valence-corrected chi connectivity index (χ3v) is 7.73. The molecule has 1 saturated heterocycles. The molecule has 0 aliphatic carbocycles. The smallest absolute Gasteiger partial charge is 0.462 e. The number of alkyl halides is 3. The van der Waals surface area contributed by atoms with Crippen LogP contribution in [0.4, 0.5) is 24.5 Å². The van der Waals surface area contributed by atoms with E-state index in [1.165, 1.54) is 47.4 Å². The summed E-state index contributed by atoms with van der Waals surface area (Å²) >= 11 is 0. The zero-order valence-electron chi connectivity index (χ0n) is 21.8. The van der Waals surface area contributed by atoms with Crippen LogP contribution < -0.4 is 15.0 Å². The zero-order valence-corrected chi connectivity index (χ0v) is 22.6. The predicted octanol–water partition coefficient (Wildman–Crippen LogP) is 4.48. The van der Waals surface area contributed by atoms with Crippen molar-refractivity contribution in [1.29, 1.82) is 0 Å². The molecule has 1 fully saturated rings. The van der Waals surface area contributed by atoms with E-state index in [-0.39, 0.29) is 41.4 Å². The van der Waals surface area contributed by atoms with Crippen molar-refractivity contribution >= 4 is 33.4 Å². The second-order valence-corrected chi connectivity index (χ2v) is 11.0. The average Bonchev–Trinajstić information content (AvgIpc) is 2.88. The van der Waals surface area contributed by atoms with Crippen molar-refractivity contribution in [3.8, 4) is 5.75 Å². The van der Waals surface area contributed by atoms with E-state index >= 15 is 0 Å². The molecule has 2 aliphatic rings. The van der Waals surface area contributed by atoms with Gasteiger partial charge in [0.1, 0.15) is 11.4 Å². The Morgan fingerprint density at radius 3 is 2.29 bits per heavy atom. The molecule has 14 heteroatoms. The minimum absolute atomic E-state index is 0.0572. The van der Waals surface area contributed by atoms with Crippen LogP contribution in [0.1, 0.15) is 33.2 Å². The third kappa shape index (κ3) is 5.71. The van der Waals surface area contributed by atoms with Crippen LogP contribution in [0.5, 0.6) is 5.75 Å². The first-order chi connectivity index (χ1) is 19.3. The lowest BCUT2D eigenvalue weighted by Gasteiger charge is -2.56. The van der Waals surface area contributed by atoms with Crippen molar-refractivity contribution in [3.05, 3.63) is 83.4 Å². The molecule has 2 heterocycles. The number of esters is 1. The summed E-state index contributed by atoms with van der Waals surface area (Å²) < 4.78 is 78.0. The minimum Gasteiger partial charge on any atom is -0.462 e. The first kappa shape index (κ1) is 28.4. The fourth-order valence-electron chi connectivity index (χ4n) is 4.66. The fourth-order valence-corrected chi connectivity index (χ4v) is 5.59. The number of ether oxygens (including phenoxy) is 2. The maximum absolute atomic E-state index is 13.8. The average molecular weight is 592 g/mol. The minimum atomic E-state index is -4.89. The molecule has 0 aromatic heterocycles. The van der Waals surface area contributed by atoms with Crippen molar-refractivity contribution in [3.63, 3.8) is 0 Å². The van der Waals surface area contributed by atoms with Crippen molar-refractivity contribution in [2.75, 3.05) is 29.9 Å². The number of anilines is 2. The number of hydrogen-bond donors (Lipinski definition) is 1. The van der Waals surface area contributed by atoms with Gasteiger partial charge in [-0.15, -0.1) is 13.2 Å². The Kier molecular flexibility index (Phi) is 7.17. The summed E-state index contributed by atoms with van der Waals surface area (Å²) in [6, 6.07) is 15.1. The molecule has 0 radical (unpaired) electrons. The lowest BCUT2D eigenvalue weighted by Crippen LogP contribution is -2.77. The van der Waals surface area contributed by atoms with Crippen LogP contribution in [0.2, 0.25) is 0 Å². The van der Waals surface area contributed by atoms with Crippen molar-refractivity contribution < 1.29 is 44.9 Å². The molecule has 10 nitrogen and oxygen atoms in total. The Balaban J connectivity index is 1.47. The highest BCUT2D eigenvalue weighted by atomic mass is 32.2. The summed E-state index contributed by atoms with van der Waals surface area (Å²) in [6.07, 6.45) is -4.89. The number of halogens is 3. The first-order valence-corrected chi connectivity index (χ1v) is 13.8. The van der Waals surface area contributed by atoms with E-state index in [2.05, 4.69) is 10.1 Å². The van der Waals surface area contributed by atoms with Crippen LogP contribution in [0.3, 0.4) is 0 Å². The van der Waals surface area contributed by atoms with Gasteiger partial charge < -0.3 is 14.8 Å². The van der Waals surface area contributed by atoms with Gasteiger partial charge in [-0.3, -0.25) is 9.69 Å². The highest BCUT2D eigenvalue weighted by Crippen LogP contribution is 2.42. The van der Waals surface area contributed by atoms with Gasteiger partial charge in [-0.25, -0.2) is 4.79 Å². The van der Waals surface area contributed by atoms with Crippen LogP contribution in [-0.4, -0.2) is 57.1 Å². The van der Waals surface area contributed by atoms with E-state index in [1.54, 1.807) is 19.1 Å². The van der Waals surface area contributed by atoms with Gasteiger partial charge in [0.15, 0.2) is 0 Å². The number of hydroxylamine groups is 2. The third-order valence-electron chi connectivity index (χ3n) is 6.48. The molecule has 5 rings (SSSR count). The van der Waals surface area contributed by atoms with E-state index in [9.17, 15) is 31.2 Å². The van der Waals surface area contributed by atoms with E-state index < -0.39 is 39.8 Å². The molecule has 1 amide bonds. The highest BCUT2D eigenvalue weighted by Gasteiger charge is 2.55.